The van der Waals surface area contributed by atoms with Crippen LogP contribution in [0.15, 0.2) is 34.7 Å². The van der Waals surface area contributed by atoms with Gasteiger partial charge in [-0.3, -0.25) is 0 Å². The van der Waals surface area contributed by atoms with Gasteiger partial charge in [-0.1, -0.05) is 24.3 Å². The molecular weight excluding hydrogens is 284 g/mol. The van der Waals surface area contributed by atoms with Crippen LogP contribution in [0.25, 0.3) is 11.1 Å². The average Bonchev–Trinajstić information content (AvgIpc) is 2.64. The van der Waals surface area contributed by atoms with E-state index in [9.17, 15) is 0 Å². The van der Waals surface area contributed by atoms with Crippen LogP contribution >= 0.6 is 0 Å². The Labute approximate surface area is 118 Å². The van der Waals surface area contributed by atoms with Crippen molar-refractivity contribution < 1.29 is 33.3 Å². The first-order chi connectivity index (χ1) is 9.25. The van der Waals surface area contributed by atoms with E-state index in [0.29, 0.717) is 0 Å². The second kappa shape index (κ2) is 5.47. The number of rotatable bonds is 0. The molecule has 3 rings (SSSR count). The molecule has 1 aliphatic carbocycles. The van der Waals surface area contributed by atoms with Gasteiger partial charge in [-0.2, -0.15) is 0 Å². The zero-order valence-electron chi connectivity index (χ0n) is 11.0. The van der Waals surface area contributed by atoms with E-state index in [4.69, 9.17) is 23.1 Å². The summed E-state index contributed by atoms with van der Waals surface area (Å²) in [7, 11) is -4.94. The lowest BCUT2D eigenvalue weighted by Crippen LogP contribution is -2.68. The molecule has 1 aromatic carbocycles. The van der Waals surface area contributed by atoms with Crippen molar-refractivity contribution in [1.82, 2.24) is 0 Å². The first kappa shape index (κ1) is 14.9. The van der Waals surface area contributed by atoms with E-state index < -0.39 is 10.2 Å². The van der Waals surface area contributed by atoms with Crippen molar-refractivity contribution in [3.05, 3.63) is 53.0 Å². The van der Waals surface area contributed by atoms with Gasteiger partial charge >= 0.3 is 11.5 Å². The predicted molar refractivity (Wildman–Crippen MR) is 60.8 cm³/mol. The van der Waals surface area contributed by atoms with E-state index in [1.54, 1.807) is 0 Å². The van der Waals surface area contributed by atoms with E-state index in [1.165, 1.54) is 22.3 Å². The van der Waals surface area contributed by atoms with Gasteiger partial charge in [0.1, 0.15) is 0 Å². The molecule has 0 spiro atoms. The highest BCUT2D eigenvalue weighted by Gasteiger charge is 2.30. The third kappa shape index (κ3) is 3.53. The van der Waals surface area contributed by atoms with Crippen LogP contribution in [0.5, 0.6) is 0 Å². The Hall–Kier alpha value is -1.50. The Morgan fingerprint density at radius 3 is 2.30 bits per heavy atom. The minimum Gasteiger partial charge on any atom is -0.222 e. The summed E-state index contributed by atoms with van der Waals surface area (Å²) < 4.78 is 39.8. The number of aryl methyl sites for hydroxylation is 2. The van der Waals surface area contributed by atoms with Gasteiger partial charge in [0.15, 0.2) is 0 Å². The highest BCUT2D eigenvalue weighted by molar-refractivity contribution is 5.77. The van der Waals surface area contributed by atoms with Crippen molar-refractivity contribution in [3.8, 4) is 11.1 Å². The molecule has 0 saturated heterocycles. The molecule has 20 heavy (non-hydrogen) atoms. The van der Waals surface area contributed by atoms with Gasteiger partial charge in [-0.25, -0.2) is 23.1 Å². The Bertz CT molecular complexity index is 628. The van der Waals surface area contributed by atoms with Crippen LogP contribution in [-0.2, 0) is 6.42 Å². The Kier molecular flexibility index (Phi) is 4.08. The van der Waals surface area contributed by atoms with Gasteiger partial charge in [-0.05, 0) is 23.6 Å². The minimum atomic E-state index is -4.94. The van der Waals surface area contributed by atoms with Gasteiger partial charge in [-0.15, -0.1) is 10.2 Å². The first-order valence-electron chi connectivity index (χ1n) is 5.89. The summed E-state index contributed by atoms with van der Waals surface area (Å²) in [6, 6.07) is 10.7. The molecule has 5 nitrogen and oxygen atoms in total. The van der Waals surface area contributed by atoms with Crippen molar-refractivity contribution in [3.63, 3.8) is 0 Å². The largest absolute Gasteiger partial charge is 0.341 e. The molecule has 0 N–H and O–H groups in total. The summed E-state index contributed by atoms with van der Waals surface area (Å²) in [4.78, 5) is 0. The lowest BCUT2D eigenvalue weighted by Gasteiger charge is -2.17. The lowest BCUT2D eigenvalue weighted by molar-refractivity contribution is -2.00. The van der Waals surface area contributed by atoms with E-state index in [2.05, 4.69) is 37.3 Å². The second-order valence-electron chi connectivity index (χ2n) is 4.55. The molecule has 0 fully saturated rings. The van der Waals surface area contributed by atoms with Crippen molar-refractivity contribution >= 4 is 0 Å². The average molecular weight is 297 g/mol. The summed E-state index contributed by atoms with van der Waals surface area (Å²) in [5, 5.41) is 0. The molecule has 0 amide bonds. The minimum absolute atomic E-state index is 0.939. The molecule has 0 aliphatic heterocycles. The lowest BCUT2D eigenvalue weighted by atomic mass is 10.0. The number of halogens is 1. The van der Waals surface area contributed by atoms with Crippen LogP contribution in [0.1, 0.15) is 22.6 Å². The molecule has 0 radical (unpaired) electrons. The summed E-state index contributed by atoms with van der Waals surface area (Å²) in [5.41, 5.74) is 5.34. The van der Waals surface area contributed by atoms with Crippen LogP contribution in [0.2, 0.25) is 0 Å². The smallest absolute Gasteiger partial charge is 0.222 e. The van der Waals surface area contributed by atoms with Gasteiger partial charge in [0.2, 0.25) is 0 Å². The van der Waals surface area contributed by atoms with Crippen molar-refractivity contribution in [2.24, 2.45) is 0 Å². The number of benzene rings is 1. The number of fused-ring (bicyclic) bond motifs is 3. The quantitative estimate of drug-likeness (QED) is 0.495. The van der Waals surface area contributed by atoms with E-state index in [0.717, 1.165) is 17.9 Å². The summed E-state index contributed by atoms with van der Waals surface area (Å²) >= 11 is 0. The maximum absolute atomic E-state index is 8.49. The summed E-state index contributed by atoms with van der Waals surface area (Å²) in [5.74, 6) is 2.12. The van der Waals surface area contributed by atoms with Crippen molar-refractivity contribution in [1.29, 1.82) is 0 Å². The molecule has 6 heteroatoms. The molecule has 0 saturated carbocycles. The van der Waals surface area contributed by atoms with Crippen LogP contribution in [-0.4, -0.2) is 0 Å². The highest BCUT2D eigenvalue weighted by Crippen LogP contribution is 2.38. The molecule has 1 aliphatic rings. The molecular formula is C14H13ClO5. The van der Waals surface area contributed by atoms with Gasteiger partial charge in [0, 0.05) is 6.07 Å². The van der Waals surface area contributed by atoms with Gasteiger partial charge in [0.25, 0.3) is 0 Å². The maximum atomic E-state index is 8.49. The molecule has 2 aromatic rings. The summed E-state index contributed by atoms with van der Waals surface area (Å²) in [6.07, 6.45) is 0.939. The third-order valence-electron chi connectivity index (χ3n) is 3.01. The normalized spacial score (nSPS) is 12.3. The Morgan fingerprint density at radius 1 is 1.05 bits per heavy atom. The topological polar surface area (TPSA) is 104 Å². The fourth-order valence-corrected chi connectivity index (χ4v) is 2.45. The standard InChI is InChI=1S/C14H13O.ClHO4/c1-9-7-10(2)15-13-8-11-5-3-4-6-12(11)14(9)13;2-1(3,4)5/h3-7H,8H2,1-2H3;(H,2,3,4,5)/q+1;/p-1. The second-order valence-corrected chi connectivity index (χ2v) is 5.31. The van der Waals surface area contributed by atoms with E-state index in [-0.39, 0.29) is 0 Å². The molecule has 0 unspecified atom stereocenters. The fourth-order valence-electron chi connectivity index (χ4n) is 2.45. The van der Waals surface area contributed by atoms with Crippen LogP contribution in [0, 0.1) is 24.1 Å². The summed E-state index contributed by atoms with van der Waals surface area (Å²) in [6.45, 7) is 4.17. The third-order valence-corrected chi connectivity index (χ3v) is 3.01. The molecule has 1 aromatic heterocycles. The van der Waals surface area contributed by atoms with Gasteiger partial charge < -0.3 is 0 Å². The Morgan fingerprint density at radius 2 is 1.65 bits per heavy atom. The molecule has 1 heterocycles. The molecule has 0 atom stereocenters. The van der Waals surface area contributed by atoms with Crippen LogP contribution in [0.3, 0.4) is 0 Å². The van der Waals surface area contributed by atoms with Gasteiger partial charge in [0.05, 0.1) is 18.9 Å². The molecule has 0 bridgehead atoms. The number of hydrogen-bond donors (Lipinski definition) is 0. The highest BCUT2D eigenvalue weighted by atomic mass is 35.7. The monoisotopic (exact) mass is 296 g/mol. The number of hydrogen-bond acceptors (Lipinski definition) is 4. The first-order valence-corrected chi connectivity index (χ1v) is 7.12. The zero-order valence-corrected chi connectivity index (χ0v) is 11.8. The Balaban J connectivity index is 0.000000257. The van der Waals surface area contributed by atoms with Crippen LogP contribution in [0.4, 0.5) is 0 Å². The maximum Gasteiger partial charge on any atom is 0.341 e. The zero-order chi connectivity index (χ0) is 14.9. The van der Waals surface area contributed by atoms with Crippen LogP contribution < -0.4 is 18.6 Å². The predicted octanol–water partition coefficient (Wildman–Crippen LogP) is -1.01. The van der Waals surface area contributed by atoms with Crippen molar-refractivity contribution in [2.45, 2.75) is 20.3 Å². The van der Waals surface area contributed by atoms with Crippen molar-refractivity contribution in [2.75, 3.05) is 0 Å². The molecule has 106 valence electrons. The SMILES string of the molecule is Cc1cc(C)c2c([o+]1)Cc1ccccc1-2.[O-][Cl+3]([O-])([O-])[O-]. The van der Waals surface area contributed by atoms with E-state index in [1.807, 2.05) is 6.92 Å². The fraction of sp³-hybridized carbons (Fsp3) is 0.214. The van der Waals surface area contributed by atoms with E-state index >= 15 is 0 Å².